The molecule has 2 N–H and O–H groups in total. The Labute approximate surface area is 101 Å². The van der Waals surface area contributed by atoms with E-state index in [1.807, 2.05) is 0 Å². The van der Waals surface area contributed by atoms with Gasteiger partial charge in [-0.3, -0.25) is 9.59 Å². The number of carbonyl (C=O) groups is 2. The highest BCUT2D eigenvalue weighted by molar-refractivity contribution is 5.85. The molecule has 0 aromatic carbocycles. The number of esters is 1. The lowest BCUT2D eigenvalue weighted by atomic mass is 9.85. The van der Waals surface area contributed by atoms with Gasteiger partial charge in [0.25, 0.3) is 0 Å². The first kappa shape index (κ1) is 12.4. The van der Waals surface area contributed by atoms with Gasteiger partial charge in [0.15, 0.2) is 0 Å². The highest BCUT2D eigenvalue weighted by Gasteiger charge is 2.38. The lowest BCUT2D eigenvalue weighted by Crippen LogP contribution is -2.44. The van der Waals surface area contributed by atoms with E-state index in [-0.39, 0.29) is 18.5 Å². The zero-order valence-corrected chi connectivity index (χ0v) is 10.2. The van der Waals surface area contributed by atoms with Crippen LogP contribution in [0.15, 0.2) is 0 Å². The third kappa shape index (κ3) is 2.97. The molecule has 17 heavy (non-hydrogen) atoms. The first-order chi connectivity index (χ1) is 8.20. The molecule has 2 fully saturated rings. The van der Waals surface area contributed by atoms with E-state index >= 15 is 0 Å². The molecule has 5 heteroatoms. The van der Waals surface area contributed by atoms with Crippen LogP contribution in [0.4, 0.5) is 0 Å². The van der Waals surface area contributed by atoms with Crippen molar-refractivity contribution in [1.82, 2.24) is 10.6 Å². The molecular weight excluding hydrogens is 220 g/mol. The van der Waals surface area contributed by atoms with Crippen LogP contribution in [0.3, 0.4) is 0 Å². The fraction of sp³-hybridized carbons (Fsp3) is 0.833. The second-order valence-corrected chi connectivity index (χ2v) is 4.90. The molecule has 1 saturated heterocycles. The molecule has 0 aromatic heterocycles. The van der Waals surface area contributed by atoms with Crippen molar-refractivity contribution in [2.24, 2.45) is 5.92 Å². The van der Waals surface area contributed by atoms with E-state index in [2.05, 4.69) is 15.4 Å². The van der Waals surface area contributed by atoms with E-state index < -0.39 is 5.97 Å². The molecule has 0 bridgehead atoms. The Morgan fingerprint density at radius 3 is 2.82 bits per heavy atom. The van der Waals surface area contributed by atoms with Crippen LogP contribution in [0.25, 0.3) is 0 Å². The topological polar surface area (TPSA) is 67.4 Å². The van der Waals surface area contributed by atoms with Crippen molar-refractivity contribution < 1.29 is 14.3 Å². The summed E-state index contributed by atoms with van der Waals surface area (Å²) in [6, 6.07) is 0.366. The van der Waals surface area contributed by atoms with E-state index in [9.17, 15) is 9.59 Å². The maximum absolute atomic E-state index is 11.8. The number of carbonyl (C=O) groups excluding carboxylic acids is 2. The van der Waals surface area contributed by atoms with Crippen molar-refractivity contribution in [2.75, 3.05) is 13.7 Å². The third-order valence-electron chi connectivity index (χ3n) is 3.81. The van der Waals surface area contributed by atoms with E-state index in [0.29, 0.717) is 12.0 Å². The zero-order chi connectivity index (χ0) is 12.3. The van der Waals surface area contributed by atoms with Gasteiger partial charge >= 0.3 is 5.97 Å². The third-order valence-corrected chi connectivity index (χ3v) is 3.81. The standard InChI is InChI=1S/C12H20N2O3/c1-17-11(15)7-13-12(16)10-6-8-4-2-3-5-9(8)14-10/h8-10,14H,2-7H2,1H3,(H,13,16). The number of rotatable bonds is 3. The van der Waals surface area contributed by atoms with E-state index in [0.717, 1.165) is 6.42 Å². The minimum atomic E-state index is -0.409. The quantitative estimate of drug-likeness (QED) is 0.691. The van der Waals surface area contributed by atoms with E-state index in [4.69, 9.17) is 0 Å². The fourth-order valence-electron chi connectivity index (χ4n) is 2.88. The Bertz CT molecular complexity index is 292. The van der Waals surface area contributed by atoms with E-state index in [1.165, 1.54) is 32.8 Å². The molecule has 1 amide bonds. The maximum Gasteiger partial charge on any atom is 0.325 e. The number of ether oxygens (including phenoxy) is 1. The Balaban J connectivity index is 1.79. The first-order valence-corrected chi connectivity index (χ1v) is 6.31. The summed E-state index contributed by atoms with van der Waals surface area (Å²) in [7, 11) is 1.32. The molecule has 3 atom stereocenters. The molecule has 2 rings (SSSR count). The molecule has 0 spiro atoms. The van der Waals surface area contributed by atoms with Crippen molar-refractivity contribution in [3.05, 3.63) is 0 Å². The van der Waals surface area contributed by atoms with Crippen LogP contribution in [0, 0.1) is 5.92 Å². The van der Waals surface area contributed by atoms with Gasteiger partial charge in [0, 0.05) is 6.04 Å². The molecule has 1 aliphatic heterocycles. The number of nitrogens with one attached hydrogen (secondary N) is 2. The monoisotopic (exact) mass is 240 g/mol. The SMILES string of the molecule is COC(=O)CNC(=O)C1CC2CCCCC2N1. The van der Waals surface area contributed by atoms with Crippen molar-refractivity contribution in [3.63, 3.8) is 0 Å². The van der Waals surface area contributed by atoms with Gasteiger partial charge in [0.05, 0.1) is 13.2 Å². The van der Waals surface area contributed by atoms with Gasteiger partial charge in [0.2, 0.25) is 5.91 Å². The van der Waals surface area contributed by atoms with Gasteiger partial charge in [0.1, 0.15) is 6.54 Å². The van der Waals surface area contributed by atoms with Crippen LogP contribution in [0.1, 0.15) is 32.1 Å². The smallest absolute Gasteiger partial charge is 0.325 e. The van der Waals surface area contributed by atoms with Crippen molar-refractivity contribution >= 4 is 11.9 Å². The number of hydrogen-bond acceptors (Lipinski definition) is 4. The summed E-state index contributed by atoms with van der Waals surface area (Å²) in [5.41, 5.74) is 0. The van der Waals surface area contributed by atoms with E-state index in [1.54, 1.807) is 0 Å². The van der Waals surface area contributed by atoms with Crippen LogP contribution in [-0.2, 0) is 14.3 Å². The van der Waals surface area contributed by atoms with Gasteiger partial charge in [-0.1, -0.05) is 12.8 Å². The lowest BCUT2D eigenvalue weighted by Gasteiger charge is -2.24. The average Bonchev–Trinajstić information content (AvgIpc) is 2.79. The van der Waals surface area contributed by atoms with Crippen molar-refractivity contribution in [2.45, 2.75) is 44.2 Å². The largest absolute Gasteiger partial charge is 0.468 e. The summed E-state index contributed by atoms with van der Waals surface area (Å²) in [6.07, 6.45) is 5.82. The minimum Gasteiger partial charge on any atom is -0.468 e. The summed E-state index contributed by atoms with van der Waals surface area (Å²) in [6.45, 7) is -0.0388. The van der Waals surface area contributed by atoms with Gasteiger partial charge < -0.3 is 15.4 Å². The summed E-state index contributed by atoms with van der Waals surface area (Å²) in [4.78, 5) is 22.8. The number of hydrogen-bond donors (Lipinski definition) is 2. The van der Waals surface area contributed by atoms with Crippen molar-refractivity contribution in [3.8, 4) is 0 Å². The Kier molecular flexibility index (Phi) is 3.99. The molecule has 1 saturated carbocycles. The Hall–Kier alpha value is -1.10. The van der Waals surface area contributed by atoms with Crippen molar-refractivity contribution in [1.29, 1.82) is 0 Å². The minimum absolute atomic E-state index is 0.0388. The maximum atomic E-state index is 11.8. The molecule has 0 aromatic rings. The zero-order valence-electron chi connectivity index (χ0n) is 10.2. The Morgan fingerprint density at radius 1 is 1.35 bits per heavy atom. The van der Waals surface area contributed by atoms with Gasteiger partial charge in [-0.15, -0.1) is 0 Å². The second kappa shape index (κ2) is 5.49. The van der Waals surface area contributed by atoms with Crippen LogP contribution in [0.2, 0.25) is 0 Å². The highest BCUT2D eigenvalue weighted by atomic mass is 16.5. The van der Waals surface area contributed by atoms with Crippen LogP contribution in [0.5, 0.6) is 0 Å². The fourth-order valence-corrected chi connectivity index (χ4v) is 2.88. The summed E-state index contributed by atoms with van der Waals surface area (Å²) >= 11 is 0. The lowest BCUT2D eigenvalue weighted by molar-refractivity contribution is -0.141. The number of fused-ring (bicyclic) bond motifs is 1. The normalized spacial score (nSPS) is 31.7. The predicted octanol–water partition coefficient (Wildman–Crippen LogP) is 0.196. The number of methoxy groups -OCH3 is 1. The van der Waals surface area contributed by atoms with Gasteiger partial charge in [-0.2, -0.15) is 0 Å². The van der Waals surface area contributed by atoms with Crippen LogP contribution < -0.4 is 10.6 Å². The summed E-state index contributed by atoms with van der Waals surface area (Å²) < 4.78 is 4.48. The molecule has 1 aliphatic carbocycles. The van der Waals surface area contributed by atoms with Crippen LogP contribution in [-0.4, -0.2) is 37.6 Å². The predicted molar refractivity (Wildman–Crippen MR) is 62.3 cm³/mol. The molecule has 0 radical (unpaired) electrons. The van der Waals surface area contributed by atoms with Gasteiger partial charge in [-0.25, -0.2) is 0 Å². The summed E-state index contributed by atoms with van der Waals surface area (Å²) in [5.74, 6) is 0.149. The van der Waals surface area contributed by atoms with Crippen LogP contribution >= 0.6 is 0 Å². The Morgan fingerprint density at radius 2 is 2.12 bits per heavy atom. The molecule has 1 heterocycles. The first-order valence-electron chi connectivity index (χ1n) is 6.31. The number of amides is 1. The molecule has 5 nitrogen and oxygen atoms in total. The molecule has 96 valence electrons. The average molecular weight is 240 g/mol. The summed E-state index contributed by atoms with van der Waals surface area (Å²) in [5, 5.41) is 5.98. The molecule has 3 unspecified atom stereocenters. The molecule has 2 aliphatic rings. The van der Waals surface area contributed by atoms with Gasteiger partial charge in [-0.05, 0) is 25.2 Å². The second-order valence-electron chi connectivity index (χ2n) is 4.90. The highest BCUT2D eigenvalue weighted by Crippen LogP contribution is 2.33. The molecular formula is C12H20N2O3.